The monoisotopic (exact) mass is 221 g/mol. The van der Waals surface area contributed by atoms with Gasteiger partial charge in [0.2, 0.25) is 0 Å². The molecule has 4 heteroatoms. The van der Waals surface area contributed by atoms with Crippen LogP contribution in [0.1, 0.15) is 32.6 Å². The molecule has 1 rings (SSSR count). The summed E-state index contributed by atoms with van der Waals surface area (Å²) < 4.78 is 28.5. The fourth-order valence-electron chi connectivity index (χ4n) is 2.32. The molecule has 15 heavy (non-hydrogen) atoms. The first-order chi connectivity index (χ1) is 7.24. The van der Waals surface area contributed by atoms with E-state index in [2.05, 4.69) is 12.2 Å². The van der Waals surface area contributed by atoms with Crippen molar-refractivity contribution in [2.24, 2.45) is 5.92 Å². The molecule has 1 N–H and O–H groups in total. The number of halogens is 2. The summed E-state index contributed by atoms with van der Waals surface area (Å²) in [4.78, 5) is 0. The summed E-state index contributed by atoms with van der Waals surface area (Å²) in [6, 6.07) is 0.574. The van der Waals surface area contributed by atoms with E-state index < -0.39 is 13.0 Å². The van der Waals surface area contributed by atoms with E-state index in [0.717, 1.165) is 13.0 Å². The average Bonchev–Trinajstić information content (AvgIpc) is 2.61. The third-order valence-corrected chi connectivity index (χ3v) is 3.00. The molecule has 90 valence electrons. The number of rotatable bonds is 7. The van der Waals surface area contributed by atoms with Gasteiger partial charge in [-0.3, -0.25) is 0 Å². The molecule has 1 aliphatic carbocycles. The molecule has 1 fully saturated rings. The van der Waals surface area contributed by atoms with Gasteiger partial charge in [0.15, 0.2) is 0 Å². The van der Waals surface area contributed by atoms with Crippen molar-refractivity contribution < 1.29 is 13.5 Å². The van der Waals surface area contributed by atoms with E-state index in [0.29, 0.717) is 18.6 Å². The summed E-state index contributed by atoms with van der Waals surface area (Å²) in [5, 5.41) is 3.44. The highest BCUT2D eigenvalue weighted by Gasteiger charge is 2.25. The molecule has 0 aliphatic heterocycles. The van der Waals surface area contributed by atoms with E-state index in [9.17, 15) is 8.78 Å². The van der Waals surface area contributed by atoms with Crippen LogP contribution in [0, 0.1) is 5.92 Å². The van der Waals surface area contributed by atoms with Gasteiger partial charge in [0.25, 0.3) is 6.43 Å². The molecule has 0 aromatic carbocycles. The summed E-state index contributed by atoms with van der Waals surface area (Å²) in [6.45, 7) is 3.14. The van der Waals surface area contributed by atoms with Gasteiger partial charge >= 0.3 is 0 Å². The van der Waals surface area contributed by atoms with Gasteiger partial charge in [0.05, 0.1) is 0 Å². The zero-order chi connectivity index (χ0) is 11.1. The van der Waals surface area contributed by atoms with Gasteiger partial charge in [-0.25, -0.2) is 8.78 Å². The van der Waals surface area contributed by atoms with Crippen LogP contribution >= 0.6 is 0 Å². The number of alkyl halides is 2. The number of nitrogens with one attached hydrogen (secondary N) is 1. The van der Waals surface area contributed by atoms with Crippen molar-refractivity contribution in [2.75, 3.05) is 19.8 Å². The van der Waals surface area contributed by atoms with Crippen LogP contribution in [-0.4, -0.2) is 32.2 Å². The zero-order valence-corrected chi connectivity index (χ0v) is 9.35. The fourth-order valence-corrected chi connectivity index (χ4v) is 2.32. The highest BCUT2D eigenvalue weighted by molar-refractivity contribution is 4.82. The zero-order valence-electron chi connectivity index (χ0n) is 9.35. The van der Waals surface area contributed by atoms with Gasteiger partial charge in [-0.1, -0.05) is 13.3 Å². The third kappa shape index (κ3) is 4.89. The molecule has 0 aromatic heterocycles. The molecule has 0 heterocycles. The van der Waals surface area contributed by atoms with Gasteiger partial charge in [-0.15, -0.1) is 0 Å². The first-order valence-electron chi connectivity index (χ1n) is 5.83. The Kier molecular flexibility index (Phi) is 6.10. The molecule has 0 radical (unpaired) electrons. The SMILES string of the molecule is CCNC1CCCC1CCOCC(F)F. The third-order valence-electron chi connectivity index (χ3n) is 3.00. The Morgan fingerprint density at radius 3 is 2.87 bits per heavy atom. The molecule has 2 nitrogen and oxygen atoms in total. The van der Waals surface area contributed by atoms with Crippen LogP contribution in [0.4, 0.5) is 8.78 Å². The van der Waals surface area contributed by atoms with Crippen molar-refractivity contribution in [3.8, 4) is 0 Å². The first kappa shape index (κ1) is 12.8. The van der Waals surface area contributed by atoms with Crippen molar-refractivity contribution >= 4 is 0 Å². The minimum Gasteiger partial charge on any atom is -0.376 e. The lowest BCUT2D eigenvalue weighted by Gasteiger charge is -2.20. The van der Waals surface area contributed by atoms with Crippen LogP contribution in [0.3, 0.4) is 0 Å². The Morgan fingerprint density at radius 1 is 1.40 bits per heavy atom. The lowest BCUT2D eigenvalue weighted by Crippen LogP contribution is -2.32. The Hall–Kier alpha value is -0.220. The summed E-state index contributed by atoms with van der Waals surface area (Å²) in [7, 11) is 0. The average molecular weight is 221 g/mol. The maximum absolute atomic E-state index is 11.8. The van der Waals surface area contributed by atoms with Crippen LogP contribution in [-0.2, 0) is 4.74 Å². The van der Waals surface area contributed by atoms with Crippen molar-refractivity contribution in [1.29, 1.82) is 0 Å². The summed E-state index contributed by atoms with van der Waals surface area (Å²) in [5.41, 5.74) is 0. The standard InChI is InChI=1S/C11H21F2NO/c1-2-14-10-5-3-4-9(10)6-7-15-8-11(12)13/h9-11,14H,2-8H2,1H3. The minimum absolute atomic E-state index is 0.418. The Morgan fingerprint density at radius 2 is 2.20 bits per heavy atom. The number of ether oxygens (including phenoxy) is 1. The van der Waals surface area contributed by atoms with Gasteiger partial charge in [0, 0.05) is 12.6 Å². The van der Waals surface area contributed by atoms with Crippen molar-refractivity contribution in [1.82, 2.24) is 5.32 Å². The summed E-state index contributed by atoms with van der Waals surface area (Å²) in [5.74, 6) is 0.614. The molecule has 0 spiro atoms. The molecule has 0 saturated heterocycles. The van der Waals surface area contributed by atoms with E-state index in [4.69, 9.17) is 4.74 Å². The molecule has 2 unspecified atom stereocenters. The summed E-state index contributed by atoms with van der Waals surface area (Å²) in [6.07, 6.45) is 2.24. The molecule has 0 amide bonds. The molecule has 0 bridgehead atoms. The maximum atomic E-state index is 11.8. The first-order valence-corrected chi connectivity index (χ1v) is 5.83. The van der Waals surface area contributed by atoms with E-state index in [1.54, 1.807) is 0 Å². The highest BCUT2D eigenvalue weighted by atomic mass is 19.3. The maximum Gasteiger partial charge on any atom is 0.261 e. The fraction of sp³-hybridized carbons (Fsp3) is 1.00. The lowest BCUT2D eigenvalue weighted by atomic mass is 10.0. The van der Waals surface area contributed by atoms with Gasteiger partial charge in [0.1, 0.15) is 6.61 Å². The smallest absolute Gasteiger partial charge is 0.261 e. The van der Waals surface area contributed by atoms with E-state index in [-0.39, 0.29) is 0 Å². The summed E-state index contributed by atoms with van der Waals surface area (Å²) >= 11 is 0. The number of hydrogen-bond donors (Lipinski definition) is 1. The van der Waals surface area contributed by atoms with Gasteiger partial charge in [-0.05, 0) is 31.7 Å². The Bertz CT molecular complexity index is 167. The van der Waals surface area contributed by atoms with E-state index in [1.807, 2.05) is 0 Å². The quantitative estimate of drug-likeness (QED) is 0.667. The lowest BCUT2D eigenvalue weighted by molar-refractivity contribution is 0.0123. The molecule has 1 saturated carbocycles. The van der Waals surface area contributed by atoms with Crippen molar-refractivity contribution in [2.45, 2.75) is 45.1 Å². The molecule has 1 aliphatic rings. The van der Waals surface area contributed by atoms with Crippen molar-refractivity contribution in [3.05, 3.63) is 0 Å². The Labute approximate surface area is 90.4 Å². The second kappa shape index (κ2) is 7.12. The predicted octanol–water partition coefficient (Wildman–Crippen LogP) is 2.44. The van der Waals surface area contributed by atoms with E-state index in [1.165, 1.54) is 19.3 Å². The second-order valence-corrected chi connectivity index (χ2v) is 4.11. The molecular formula is C11H21F2NO. The molecular weight excluding hydrogens is 200 g/mol. The van der Waals surface area contributed by atoms with Crippen LogP contribution in [0.25, 0.3) is 0 Å². The molecule has 0 aromatic rings. The minimum atomic E-state index is -2.34. The molecule has 2 atom stereocenters. The van der Waals surface area contributed by atoms with E-state index >= 15 is 0 Å². The second-order valence-electron chi connectivity index (χ2n) is 4.11. The highest BCUT2D eigenvalue weighted by Crippen LogP contribution is 2.28. The van der Waals surface area contributed by atoms with Crippen LogP contribution in [0.15, 0.2) is 0 Å². The van der Waals surface area contributed by atoms with Crippen LogP contribution < -0.4 is 5.32 Å². The van der Waals surface area contributed by atoms with Crippen LogP contribution in [0.5, 0.6) is 0 Å². The largest absolute Gasteiger partial charge is 0.376 e. The number of hydrogen-bond acceptors (Lipinski definition) is 2. The van der Waals surface area contributed by atoms with Crippen molar-refractivity contribution in [3.63, 3.8) is 0 Å². The van der Waals surface area contributed by atoms with Gasteiger partial charge in [-0.2, -0.15) is 0 Å². The predicted molar refractivity (Wildman–Crippen MR) is 56.2 cm³/mol. The Balaban J connectivity index is 2.09. The topological polar surface area (TPSA) is 21.3 Å². The van der Waals surface area contributed by atoms with Crippen LogP contribution in [0.2, 0.25) is 0 Å². The van der Waals surface area contributed by atoms with Gasteiger partial charge < -0.3 is 10.1 Å². The normalized spacial score (nSPS) is 26.4.